The first-order valence-electron chi connectivity index (χ1n) is 8.87. The van der Waals surface area contributed by atoms with E-state index in [0.29, 0.717) is 31.2 Å². The van der Waals surface area contributed by atoms with Crippen molar-refractivity contribution in [1.29, 1.82) is 0 Å². The van der Waals surface area contributed by atoms with Crippen molar-refractivity contribution in [3.05, 3.63) is 59.7 Å². The van der Waals surface area contributed by atoms with Gasteiger partial charge in [-0.05, 0) is 18.2 Å². The van der Waals surface area contributed by atoms with E-state index >= 15 is 0 Å². The van der Waals surface area contributed by atoms with Crippen LogP contribution < -0.4 is 4.90 Å². The second-order valence-corrected chi connectivity index (χ2v) is 7.06. The summed E-state index contributed by atoms with van der Waals surface area (Å²) in [5.41, 5.74) is 1.83. The highest BCUT2D eigenvalue weighted by Crippen LogP contribution is 2.11. The van der Waals surface area contributed by atoms with Crippen LogP contribution in [0.2, 0.25) is 0 Å². The van der Waals surface area contributed by atoms with Gasteiger partial charge in [0.15, 0.2) is 0 Å². The van der Waals surface area contributed by atoms with E-state index in [9.17, 15) is 9.50 Å². The van der Waals surface area contributed by atoms with Gasteiger partial charge in [-0.25, -0.2) is 4.39 Å². The number of halogens is 1. The lowest BCUT2D eigenvalue weighted by molar-refractivity contribution is -0.920. The minimum atomic E-state index is -0.478. The van der Waals surface area contributed by atoms with Crippen LogP contribution in [0, 0.1) is 11.7 Å². The van der Waals surface area contributed by atoms with E-state index in [1.165, 1.54) is 11.0 Å². The van der Waals surface area contributed by atoms with Gasteiger partial charge in [0, 0.05) is 24.8 Å². The van der Waals surface area contributed by atoms with Crippen molar-refractivity contribution in [3.63, 3.8) is 0 Å². The van der Waals surface area contributed by atoms with Crippen molar-refractivity contribution in [1.82, 2.24) is 4.57 Å². The number of methoxy groups -OCH3 is 1. The Morgan fingerprint density at radius 2 is 1.92 bits per heavy atom. The molecule has 1 heterocycles. The van der Waals surface area contributed by atoms with Crippen molar-refractivity contribution >= 4 is 0 Å². The highest BCUT2D eigenvalue weighted by molar-refractivity contribution is 5.19. The van der Waals surface area contributed by atoms with Gasteiger partial charge in [-0.1, -0.05) is 32.0 Å². The molecule has 5 heteroatoms. The van der Waals surface area contributed by atoms with E-state index in [4.69, 9.17) is 4.74 Å². The average molecular weight is 349 g/mol. The summed E-state index contributed by atoms with van der Waals surface area (Å²) < 4.78 is 21.1. The molecule has 2 atom stereocenters. The third-order valence-corrected chi connectivity index (χ3v) is 4.23. The van der Waals surface area contributed by atoms with Gasteiger partial charge >= 0.3 is 0 Å². The molecule has 0 aliphatic carbocycles. The Morgan fingerprint density at radius 1 is 1.16 bits per heavy atom. The summed E-state index contributed by atoms with van der Waals surface area (Å²) in [6.45, 7) is 7.62. The monoisotopic (exact) mass is 349 g/mol. The zero-order valence-electron chi connectivity index (χ0n) is 15.4. The molecular weight excluding hydrogens is 319 g/mol. The van der Waals surface area contributed by atoms with Crippen LogP contribution in [0.4, 0.5) is 4.39 Å². The molecule has 0 aliphatic rings. The number of rotatable bonds is 10. The van der Waals surface area contributed by atoms with Gasteiger partial charge in [0.25, 0.3) is 0 Å². The van der Waals surface area contributed by atoms with E-state index in [-0.39, 0.29) is 5.82 Å². The summed E-state index contributed by atoms with van der Waals surface area (Å²) in [7, 11) is 1.60. The lowest BCUT2D eigenvalue weighted by atomic mass is 10.2. The first-order valence-corrected chi connectivity index (χ1v) is 8.87. The van der Waals surface area contributed by atoms with Crippen molar-refractivity contribution < 1.29 is 19.1 Å². The molecule has 2 N–H and O–H groups in total. The first-order chi connectivity index (χ1) is 12.0. The number of hydrogen-bond donors (Lipinski definition) is 2. The maximum Gasteiger partial charge on any atom is 0.128 e. The molecule has 0 amide bonds. The second kappa shape index (κ2) is 9.70. The van der Waals surface area contributed by atoms with Gasteiger partial charge < -0.3 is 19.3 Å². The first kappa shape index (κ1) is 19.6. The fourth-order valence-corrected chi connectivity index (χ4v) is 3.22. The average Bonchev–Trinajstić information content (AvgIpc) is 2.96. The zero-order valence-corrected chi connectivity index (χ0v) is 15.4. The van der Waals surface area contributed by atoms with Crippen LogP contribution in [0.5, 0.6) is 0 Å². The molecule has 0 aliphatic heterocycles. The Kier molecular flexibility index (Phi) is 7.62. The van der Waals surface area contributed by atoms with Crippen LogP contribution in [0.3, 0.4) is 0 Å². The molecule has 4 nitrogen and oxygen atoms in total. The third kappa shape index (κ3) is 6.27. The third-order valence-electron chi connectivity index (χ3n) is 4.23. The fraction of sp³-hybridized carbons (Fsp3) is 0.500. The molecule has 0 radical (unpaired) electrons. The van der Waals surface area contributed by atoms with E-state index in [0.717, 1.165) is 18.8 Å². The summed E-state index contributed by atoms with van der Waals surface area (Å²) in [6, 6.07) is 11.0. The molecule has 0 saturated carbocycles. The number of nitrogens with one attached hydrogen (secondary N) is 1. The number of ether oxygens (including phenoxy) is 1. The number of quaternary nitrogens is 1. The van der Waals surface area contributed by atoms with Crippen molar-refractivity contribution in [3.8, 4) is 0 Å². The summed E-state index contributed by atoms with van der Waals surface area (Å²) in [5, 5.41) is 10.1. The quantitative estimate of drug-likeness (QED) is 0.686. The van der Waals surface area contributed by atoms with E-state index < -0.39 is 6.10 Å². The predicted octanol–water partition coefficient (Wildman–Crippen LogP) is 1.72. The summed E-state index contributed by atoms with van der Waals surface area (Å²) in [5.74, 6) is 0.351. The van der Waals surface area contributed by atoms with Crippen molar-refractivity contribution in [2.24, 2.45) is 5.92 Å². The Hall–Kier alpha value is -1.69. The number of nitrogens with zero attached hydrogens (tertiary/aromatic N) is 1. The highest BCUT2D eigenvalue weighted by Gasteiger charge is 2.19. The van der Waals surface area contributed by atoms with Gasteiger partial charge in [0.2, 0.25) is 0 Å². The van der Waals surface area contributed by atoms with Gasteiger partial charge in [0.05, 0.1) is 25.4 Å². The number of benzene rings is 1. The van der Waals surface area contributed by atoms with Gasteiger partial charge in [-0.2, -0.15) is 0 Å². The van der Waals surface area contributed by atoms with Gasteiger partial charge in [0.1, 0.15) is 25.0 Å². The molecule has 1 aromatic carbocycles. The lowest BCUT2D eigenvalue weighted by Gasteiger charge is -2.24. The number of hydrogen-bond acceptors (Lipinski definition) is 2. The van der Waals surface area contributed by atoms with Gasteiger partial charge in [-0.3, -0.25) is 0 Å². The molecule has 0 saturated heterocycles. The van der Waals surface area contributed by atoms with Crippen LogP contribution in [0.1, 0.15) is 25.1 Å². The highest BCUT2D eigenvalue weighted by atomic mass is 19.1. The van der Waals surface area contributed by atoms with Crippen LogP contribution >= 0.6 is 0 Å². The van der Waals surface area contributed by atoms with E-state index in [1.807, 2.05) is 24.4 Å². The fourth-order valence-electron chi connectivity index (χ4n) is 3.22. The molecule has 0 bridgehead atoms. The number of aromatic nitrogens is 1. The SMILES string of the molecule is COC[C@H](O)C[NH+](Cc1cccn1Cc1ccccc1F)CC(C)C. The number of aliphatic hydroxyl groups is 1. The lowest BCUT2D eigenvalue weighted by Crippen LogP contribution is -3.12. The molecule has 25 heavy (non-hydrogen) atoms. The van der Waals surface area contributed by atoms with Crippen molar-refractivity contribution in [2.45, 2.75) is 33.0 Å². The second-order valence-electron chi connectivity index (χ2n) is 7.06. The van der Waals surface area contributed by atoms with E-state index in [1.54, 1.807) is 13.2 Å². The smallest absolute Gasteiger partial charge is 0.128 e. The molecule has 2 rings (SSSR count). The predicted molar refractivity (Wildman–Crippen MR) is 97.1 cm³/mol. The maximum absolute atomic E-state index is 13.9. The molecule has 138 valence electrons. The van der Waals surface area contributed by atoms with Crippen LogP contribution in [0.25, 0.3) is 0 Å². The molecule has 0 spiro atoms. The number of aliphatic hydroxyl groups excluding tert-OH is 1. The minimum absolute atomic E-state index is 0.177. The molecular formula is C20H30FN2O2+. The summed E-state index contributed by atoms with van der Waals surface area (Å²) >= 11 is 0. The Morgan fingerprint density at radius 3 is 2.60 bits per heavy atom. The minimum Gasteiger partial charge on any atom is -0.385 e. The Labute approximate surface area is 149 Å². The van der Waals surface area contributed by atoms with E-state index in [2.05, 4.69) is 24.5 Å². The van der Waals surface area contributed by atoms with Crippen LogP contribution in [-0.2, 0) is 17.8 Å². The summed E-state index contributed by atoms with van der Waals surface area (Å²) in [4.78, 5) is 1.30. The topological polar surface area (TPSA) is 38.8 Å². The standard InChI is InChI=1S/C20H29FN2O2/c1-16(2)11-22(14-19(24)15-25-3)13-18-8-6-10-23(18)12-17-7-4-5-9-20(17)21/h4-10,16,19,24H,11-15H2,1-3H3/p+1/t19-/m1/s1. The zero-order chi connectivity index (χ0) is 18.2. The van der Waals surface area contributed by atoms with Crippen LogP contribution in [0.15, 0.2) is 42.6 Å². The molecule has 0 fully saturated rings. The maximum atomic E-state index is 13.9. The molecule has 1 aromatic heterocycles. The largest absolute Gasteiger partial charge is 0.385 e. The summed E-state index contributed by atoms with van der Waals surface area (Å²) in [6.07, 6.45) is 1.51. The Bertz CT molecular complexity index is 642. The Balaban J connectivity index is 2.09. The molecule has 1 unspecified atom stereocenters. The van der Waals surface area contributed by atoms with Crippen LogP contribution in [-0.4, -0.2) is 42.6 Å². The van der Waals surface area contributed by atoms with Gasteiger partial charge in [-0.15, -0.1) is 0 Å². The normalized spacial score (nSPS) is 14.0. The molecule has 2 aromatic rings. The van der Waals surface area contributed by atoms with Crippen molar-refractivity contribution in [2.75, 3.05) is 26.8 Å².